The first-order chi connectivity index (χ1) is 13.7. The van der Waals surface area contributed by atoms with Gasteiger partial charge in [0.05, 0.1) is 5.92 Å². The van der Waals surface area contributed by atoms with Crippen molar-refractivity contribution in [3.05, 3.63) is 64.6 Å². The number of amides is 1. The van der Waals surface area contributed by atoms with Crippen molar-refractivity contribution in [2.45, 2.75) is 11.7 Å². The molecule has 0 N–H and O–H groups in total. The van der Waals surface area contributed by atoms with Crippen LogP contribution in [0.2, 0.25) is 0 Å². The second-order valence-corrected chi connectivity index (χ2v) is 8.11. The van der Waals surface area contributed by atoms with Crippen LogP contribution in [0.4, 0.5) is 0 Å². The SMILES string of the molecule is O=C(C1CSc2nccc(=O)n2C1)N1CCN(C/C=C/c2ccccc2)CC1. The molecule has 1 atom stereocenters. The van der Waals surface area contributed by atoms with Crippen molar-refractivity contribution < 1.29 is 4.79 Å². The molecule has 1 saturated heterocycles. The van der Waals surface area contributed by atoms with E-state index in [0.29, 0.717) is 17.5 Å². The zero-order valence-electron chi connectivity index (χ0n) is 15.7. The number of piperazine rings is 1. The van der Waals surface area contributed by atoms with Gasteiger partial charge in [-0.05, 0) is 5.56 Å². The van der Waals surface area contributed by atoms with E-state index in [4.69, 9.17) is 0 Å². The van der Waals surface area contributed by atoms with Crippen molar-refractivity contribution in [2.75, 3.05) is 38.5 Å². The lowest BCUT2D eigenvalue weighted by molar-refractivity contribution is -0.137. The van der Waals surface area contributed by atoms with Crippen LogP contribution in [0, 0.1) is 5.92 Å². The van der Waals surface area contributed by atoms with Gasteiger partial charge >= 0.3 is 0 Å². The van der Waals surface area contributed by atoms with Gasteiger partial charge in [-0.2, -0.15) is 0 Å². The molecule has 1 aromatic carbocycles. The molecule has 1 unspecified atom stereocenters. The fourth-order valence-corrected chi connectivity index (χ4v) is 4.66. The zero-order chi connectivity index (χ0) is 19.3. The van der Waals surface area contributed by atoms with E-state index < -0.39 is 0 Å². The molecule has 1 aromatic heterocycles. The molecule has 2 aliphatic heterocycles. The van der Waals surface area contributed by atoms with Crippen LogP contribution in [0.25, 0.3) is 6.08 Å². The van der Waals surface area contributed by atoms with Gasteiger partial charge in [0.2, 0.25) is 5.91 Å². The van der Waals surface area contributed by atoms with E-state index >= 15 is 0 Å². The minimum Gasteiger partial charge on any atom is -0.340 e. The Morgan fingerprint density at radius 1 is 1.14 bits per heavy atom. The largest absolute Gasteiger partial charge is 0.340 e. The molecule has 3 heterocycles. The van der Waals surface area contributed by atoms with Crippen LogP contribution in [-0.2, 0) is 11.3 Å². The average molecular weight is 397 g/mol. The summed E-state index contributed by atoms with van der Waals surface area (Å²) in [4.78, 5) is 33.5. The zero-order valence-corrected chi connectivity index (χ0v) is 16.6. The Kier molecular flexibility index (Phi) is 5.92. The Bertz CT molecular complexity index is 904. The molecular formula is C21H24N4O2S. The molecule has 1 fully saturated rings. The Morgan fingerprint density at radius 3 is 2.71 bits per heavy atom. The van der Waals surface area contributed by atoms with Gasteiger partial charge in [-0.15, -0.1) is 0 Å². The number of benzene rings is 1. The van der Waals surface area contributed by atoms with Crippen LogP contribution >= 0.6 is 11.8 Å². The van der Waals surface area contributed by atoms with Crippen molar-refractivity contribution in [3.63, 3.8) is 0 Å². The fraction of sp³-hybridized carbons (Fsp3) is 0.381. The maximum Gasteiger partial charge on any atom is 0.254 e. The highest BCUT2D eigenvalue weighted by atomic mass is 32.2. The number of hydrogen-bond acceptors (Lipinski definition) is 5. The monoisotopic (exact) mass is 396 g/mol. The van der Waals surface area contributed by atoms with Gasteiger partial charge in [-0.1, -0.05) is 54.2 Å². The Balaban J connectivity index is 1.28. The molecule has 0 spiro atoms. The summed E-state index contributed by atoms with van der Waals surface area (Å²) < 4.78 is 1.63. The first-order valence-corrected chi connectivity index (χ1v) is 10.6. The lowest BCUT2D eigenvalue weighted by Crippen LogP contribution is -2.51. The third-order valence-electron chi connectivity index (χ3n) is 5.22. The van der Waals surface area contributed by atoms with Crippen LogP contribution in [0.15, 0.2) is 58.6 Å². The van der Waals surface area contributed by atoms with Crippen LogP contribution < -0.4 is 5.56 Å². The van der Waals surface area contributed by atoms with Gasteiger partial charge in [0.25, 0.3) is 5.56 Å². The number of fused-ring (bicyclic) bond motifs is 1. The van der Waals surface area contributed by atoms with Crippen molar-refractivity contribution in [2.24, 2.45) is 5.92 Å². The van der Waals surface area contributed by atoms with Gasteiger partial charge in [0.1, 0.15) is 0 Å². The summed E-state index contributed by atoms with van der Waals surface area (Å²) in [5, 5.41) is 0.714. The summed E-state index contributed by atoms with van der Waals surface area (Å²) in [6, 6.07) is 11.7. The maximum absolute atomic E-state index is 12.9. The number of hydrogen-bond donors (Lipinski definition) is 0. The van der Waals surface area contributed by atoms with Gasteiger partial charge in [0, 0.05) is 57.3 Å². The second-order valence-electron chi connectivity index (χ2n) is 7.12. The summed E-state index contributed by atoms with van der Waals surface area (Å²) >= 11 is 1.50. The van der Waals surface area contributed by atoms with Gasteiger partial charge in [-0.25, -0.2) is 4.98 Å². The summed E-state index contributed by atoms with van der Waals surface area (Å²) in [7, 11) is 0. The summed E-state index contributed by atoms with van der Waals surface area (Å²) in [5.41, 5.74) is 1.13. The van der Waals surface area contributed by atoms with Gasteiger partial charge in [0.15, 0.2) is 5.16 Å². The van der Waals surface area contributed by atoms with Crippen molar-refractivity contribution in [1.29, 1.82) is 0 Å². The molecule has 7 heteroatoms. The van der Waals surface area contributed by atoms with Crippen molar-refractivity contribution >= 4 is 23.7 Å². The van der Waals surface area contributed by atoms with E-state index in [1.165, 1.54) is 29.6 Å². The Hall–Kier alpha value is -2.38. The third kappa shape index (κ3) is 4.36. The molecule has 1 amide bonds. The third-order valence-corrected chi connectivity index (χ3v) is 6.38. The highest BCUT2D eigenvalue weighted by molar-refractivity contribution is 7.99. The molecule has 0 radical (unpaired) electrons. The average Bonchev–Trinajstić information content (AvgIpc) is 2.75. The van der Waals surface area contributed by atoms with E-state index in [1.807, 2.05) is 23.1 Å². The second kappa shape index (κ2) is 8.75. The number of carbonyl (C=O) groups is 1. The molecule has 146 valence electrons. The number of aromatic nitrogens is 2. The molecule has 0 saturated carbocycles. The molecule has 6 nitrogen and oxygen atoms in total. The summed E-state index contributed by atoms with van der Waals surface area (Å²) in [5.74, 6) is 0.701. The van der Waals surface area contributed by atoms with Gasteiger partial charge in [-0.3, -0.25) is 19.1 Å². The molecule has 28 heavy (non-hydrogen) atoms. The first kappa shape index (κ1) is 19.0. The van der Waals surface area contributed by atoms with Crippen molar-refractivity contribution in [3.8, 4) is 0 Å². The van der Waals surface area contributed by atoms with Crippen LogP contribution in [-0.4, -0.2) is 63.7 Å². The lowest BCUT2D eigenvalue weighted by atomic mass is 10.1. The van der Waals surface area contributed by atoms with Crippen LogP contribution in [0.3, 0.4) is 0 Å². The smallest absolute Gasteiger partial charge is 0.254 e. The number of thioether (sulfide) groups is 1. The Morgan fingerprint density at radius 2 is 1.93 bits per heavy atom. The normalized spacial score (nSPS) is 20.3. The maximum atomic E-state index is 12.9. The molecular weight excluding hydrogens is 372 g/mol. The predicted molar refractivity (Wildman–Crippen MR) is 111 cm³/mol. The van der Waals surface area contributed by atoms with E-state index in [-0.39, 0.29) is 17.4 Å². The predicted octanol–water partition coefficient (Wildman–Crippen LogP) is 1.82. The minimum absolute atomic E-state index is 0.0787. The number of rotatable bonds is 4. The van der Waals surface area contributed by atoms with Crippen LogP contribution in [0.5, 0.6) is 0 Å². The number of carbonyl (C=O) groups excluding carboxylic acids is 1. The molecule has 4 rings (SSSR count). The highest BCUT2D eigenvalue weighted by Gasteiger charge is 2.31. The first-order valence-electron chi connectivity index (χ1n) is 9.62. The lowest BCUT2D eigenvalue weighted by Gasteiger charge is -2.36. The quantitative estimate of drug-likeness (QED) is 0.738. The minimum atomic E-state index is -0.149. The van der Waals surface area contributed by atoms with E-state index in [1.54, 1.807) is 4.57 Å². The molecule has 2 aromatic rings. The van der Waals surface area contributed by atoms with E-state index in [0.717, 1.165) is 32.7 Å². The topological polar surface area (TPSA) is 58.4 Å². The fourth-order valence-electron chi connectivity index (χ4n) is 3.61. The highest BCUT2D eigenvalue weighted by Crippen LogP contribution is 2.26. The van der Waals surface area contributed by atoms with Crippen LogP contribution in [0.1, 0.15) is 5.56 Å². The standard InChI is InChI=1S/C21H24N4O2S/c26-19-8-9-22-21-25(19)15-18(16-28-21)20(27)24-13-11-23(12-14-24)10-4-7-17-5-2-1-3-6-17/h1-9,18H,10-16H2/b7-4+. The van der Waals surface area contributed by atoms with Gasteiger partial charge < -0.3 is 4.90 Å². The van der Waals surface area contributed by atoms with E-state index in [9.17, 15) is 9.59 Å². The molecule has 0 bridgehead atoms. The number of nitrogens with zero attached hydrogens (tertiary/aromatic N) is 4. The van der Waals surface area contributed by atoms with Crippen molar-refractivity contribution in [1.82, 2.24) is 19.4 Å². The Labute approximate surface area is 168 Å². The molecule has 2 aliphatic rings. The van der Waals surface area contributed by atoms with E-state index in [2.05, 4.69) is 34.2 Å². The molecule has 0 aliphatic carbocycles. The summed E-state index contributed by atoms with van der Waals surface area (Å²) in [6.07, 6.45) is 5.86. The summed E-state index contributed by atoms with van der Waals surface area (Å²) in [6.45, 7) is 4.58.